The number of nitrogens with zero attached hydrogens (tertiary/aromatic N) is 2. The molecule has 4 nitrogen and oxygen atoms in total. The lowest BCUT2D eigenvalue weighted by Gasteiger charge is -2.13. The molecule has 0 aliphatic heterocycles. The maximum atomic E-state index is 5.91. The van der Waals surface area contributed by atoms with Crippen LogP contribution in [-0.2, 0) is 0 Å². The van der Waals surface area contributed by atoms with Crippen LogP contribution in [0.15, 0.2) is 9.64 Å². The Hall–Kier alpha value is -0.260. The van der Waals surface area contributed by atoms with Crippen molar-refractivity contribution in [3.63, 3.8) is 0 Å². The number of rotatable bonds is 4. The zero-order chi connectivity index (χ0) is 9.84. The Bertz CT molecular complexity index is 269. The summed E-state index contributed by atoms with van der Waals surface area (Å²) in [6.45, 7) is 4.17. The molecular formula is C8H16ClN3OS. The SMILES string of the molecule is CCC(C)C(N)c1nnc(SC)o1.Cl. The standard InChI is InChI=1S/C8H15N3OS.ClH/c1-4-5(2)6(9)7-10-11-8(12-7)13-3;/h5-6H,4,9H2,1-3H3;1H. The average Bonchev–Trinajstić information content (AvgIpc) is 2.63. The summed E-state index contributed by atoms with van der Waals surface area (Å²) < 4.78 is 5.33. The van der Waals surface area contributed by atoms with E-state index in [4.69, 9.17) is 10.2 Å². The van der Waals surface area contributed by atoms with Gasteiger partial charge in [-0.05, 0) is 12.2 Å². The Labute approximate surface area is 94.4 Å². The van der Waals surface area contributed by atoms with E-state index >= 15 is 0 Å². The molecular weight excluding hydrogens is 222 g/mol. The summed E-state index contributed by atoms with van der Waals surface area (Å²) in [7, 11) is 0. The minimum atomic E-state index is -0.140. The Kier molecular flexibility index (Phi) is 6.15. The van der Waals surface area contributed by atoms with Gasteiger partial charge in [0.25, 0.3) is 5.22 Å². The van der Waals surface area contributed by atoms with Gasteiger partial charge in [0.2, 0.25) is 5.89 Å². The van der Waals surface area contributed by atoms with Gasteiger partial charge in [0.1, 0.15) is 0 Å². The number of halogens is 1. The minimum Gasteiger partial charge on any atom is -0.414 e. The fourth-order valence-corrected chi connectivity index (χ4v) is 1.23. The summed E-state index contributed by atoms with van der Waals surface area (Å²) in [6.07, 6.45) is 2.91. The van der Waals surface area contributed by atoms with Crippen LogP contribution in [0.5, 0.6) is 0 Å². The molecule has 1 aromatic heterocycles. The molecule has 0 fully saturated rings. The highest BCUT2D eigenvalue weighted by atomic mass is 35.5. The molecule has 0 saturated carbocycles. The van der Waals surface area contributed by atoms with E-state index in [1.807, 2.05) is 6.26 Å². The largest absolute Gasteiger partial charge is 0.414 e. The van der Waals surface area contributed by atoms with E-state index in [0.717, 1.165) is 6.42 Å². The third-order valence-corrected chi connectivity index (χ3v) is 2.65. The molecule has 0 bridgehead atoms. The van der Waals surface area contributed by atoms with Crippen molar-refractivity contribution in [1.29, 1.82) is 0 Å². The van der Waals surface area contributed by atoms with Crippen LogP contribution >= 0.6 is 24.2 Å². The number of hydrogen-bond acceptors (Lipinski definition) is 5. The van der Waals surface area contributed by atoms with Gasteiger partial charge in [0.15, 0.2) is 0 Å². The highest BCUT2D eigenvalue weighted by molar-refractivity contribution is 7.98. The monoisotopic (exact) mass is 237 g/mol. The number of nitrogens with two attached hydrogens (primary N) is 1. The molecule has 2 unspecified atom stereocenters. The average molecular weight is 238 g/mol. The van der Waals surface area contributed by atoms with Gasteiger partial charge in [-0.25, -0.2) is 0 Å². The molecule has 14 heavy (non-hydrogen) atoms. The number of thioether (sulfide) groups is 1. The van der Waals surface area contributed by atoms with E-state index < -0.39 is 0 Å². The summed E-state index contributed by atoms with van der Waals surface area (Å²) in [5.41, 5.74) is 5.91. The fraction of sp³-hybridized carbons (Fsp3) is 0.750. The number of hydrogen-bond donors (Lipinski definition) is 1. The lowest BCUT2D eigenvalue weighted by Crippen LogP contribution is -2.18. The molecule has 2 N–H and O–H groups in total. The molecule has 0 saturated heterocycles. The summed E-state index contributed by atoms with van der Waals surface area (Å²) in [4.78, 5) is 0. The normalized spacial score (nSPS) is 14.6. The second kappa shape index (κ2) is 6.27. The minimum absolute atomic E-state index is 0. The van der Waals surface area contributed by atoms with Crippen molar-refractivity contribution in [2.45, 2.75) is 31.5 Å². The highest BCUT2D eigenvalue weighted by Gasteiger charge is 2.19. The lowest BCUT2D eigenvalue weighted by atomic mass is 10.0. The van der Waals surface area contributed by atoms with Crippen LogP contribution in [0.4, 0.5) is 0 Å². The number of aromatic nitrogens is 2. The molecule has 0 spiro atoms. The first kappa shape index (κ1) is 13.7. The zero-order valence-electron chi connectivity index (χ0n) is 8.56. The first-order chi connectivity index (χ1) is 6.19. The predicted octanol–water partition coefficient (Wildman–Crippen LogP) is 2.26. The summed E-state index contributed by atoms with van der Waals surface area (Å²) in [5, 5.41) is 8.31. The van der Waals surface area contributed by atoms with Crippen molar-refractivity contribution >= 4 is 24.2 Å². The van der Waals surface area contributed by atoms with Crippen molar-refractivity contribution in [3.05, 3.63) is 5.89 Å². The molecule has 6 heteroatoms. The Morgan fingerprint density at radius 3 is 2.57 bits per heavy atom. The summed E-state index contributed by atoms with van der Waals surface area (Å²) >= 11 is 1.43. The van der Waals surface area contributed by atoms with E-state index in [0.29, 0.717) is 17.0 Å². The van der Waals surface area contributed by atoms with Gasteiger partial charge in [-0.15, -0.1) is 22.6 Å². The third kappa shape index (κ3) is 3.15. The smallest absolute Gasteiger partial charge is 0.276 e. The molecule has 0 radical (unpaired) electrons. The molecule has 0 aromatic carbocycles. The third-order valence-electron chi connectivity index (χ3n) is 2.14. The second-order valence-corrected chi connectivity index (χ2v) is 3.78. The van der Waals surface area contributed by atoms with E-state index in [1.54, 1.807) is 0 Å². The highest BCUT2D eigenvalue weighted by Crippen LogP contribution is 2.22. The van der Waals surface area contributed by atoms with Gasteiger partial charge in [0, 0.05) is 0 Å². The van der Waals surface area contributed by atoms with Crippen LogP contribution in [0.25, 0.3) is 0 Å². The molecule has 2 atom stereocenters. The van der Waals surface area contributed by atoms with E-state index in [2.05, 4.69) is 24.0 Å². The maximum Gasteiger partial charge on any atom is 0.276 e. The van der Waals surface area contributed by atoms with E-state index in [-0.39, 0.29) is 18.4 Å². The van der Waals surface area contributed by atoms with Crippen molar-refractivity contribution in [3.8, 4) is 0 Å². The first-order valence-electron chi connectivity index (χ1n) is 4.32. The van der Waals surface area contributed by atoms with E-state index in [9.17, 15) is 0 Å². The van der Waals surface area contributed by atoms with Gasteiger partial charge in [-0.2, -0.15) is 0 Å². The first-order valence-corrected chi connectivity index (χ1v) is 5.54. The fourth-order valence-electron chi connectivity index (χ4n) is 0.935. The molecule has 0 amide bonds. The van der Waals surface area contributed by atoms with Gasteiger partial charge in [-0.3, -0.25) is 0 Å². The van der Waals surface area contributed by atoms with Gasteiger partial charge in [-0.1, -0.05) is 32.0 Å². The molecule has 1 heterocycles. The zero-order valence-corrected chi connectivity index (χ0v) is 10.2. The van der Waals surface area contributed by atoms with Crippen LogP contribution in [0.3, 0.4) is 0 Å². The summed E-state index contributed by atoms with van der Waals surface area (Å²) in [6, 6.07) is -0.140. The Morgan fingerprint density at radius 2 is 2.14 bits per heavy atom. The predicted molar refractivity (Wildman–Crippen MR) is 59.7 cm³/mol. The van der Waals surface area contributed by atoms with Gasteiger partial charge < -0.3 is 10.2 Å². The van der Waals surface area contributed by atoms with Crippen molar-refractivity contribution in [2.75, 3.05) is 6.26 Å². The van der Waals surface area contributed by atoms with Gasteiger partial charge >= 0.3 is 0 Å². The Morgan fingerprint density at radius 1 is 1.50 bits per heavy atom. The maximum absolute atomic E-state index is 5.91. The summed E-state index contributed by atoms with van der Waals surface area (Å²) in [5.74, 6) is 0.911. The van der Waals surface area contributed by atoms with Crippen LogP contribution in [0.1, 0.15) is 32.2 Å². The molecule has 0 aliphatic rings. The molecule has 1 rings (SSSR count). The lowest BCUT2D eigenvalue weighted by molar-refractivity contribution is 0.333. The quantitative estimate of drug-likeness (QED) is 0.814. The van der Waals surface area contributed by atoms with Crippen LogP contribution in [0.2, 0.25) is 0 Å². The molecule has 82 valence electrons. The Balaban J connectivity index is 0.00000169. The molecule has 1 aromatic rings. The van der Waals surface area contributed by atoms with Crippen LogP contribution in [-0.4, -0.2) is 16.5 Å². The topological polar surface area (TPSA) is 64.9 Å². The van der Waals surface area contributed by atoms with Crippen molar-refractivity contribution in [1.82, 2.24) is 10.2 Å². The second-order valence-electron chi connectivity index (χ2n) is 3.02. The van der Waals surface area contributed by atoms with Crippen molar-refractivity contribution in [2.24, 2.45) is 11.7 Å². The van der Waals surface area contributed by atoms with Crippen LogP contribution in [0, 0.1) is 5.92 Å². The van der Waals surface area contributed by atoms with Crippen LogP contribution < -0.4 is 5.73 Å². The van der Waals surface area contributed by atoms with E-state index in [1.165, 1.54) is 11.8 Å². The van der Waals surface area contributed by atoms with Gasteiger partial charge in [0.05, 0.1) is 6.04 Å². The van der Waals surface area contributed by atoms with Crippen molar-refractivity contribution < 1.29 is 4.42 Å². The molecule has 0 aliphatic carbocycles.